The van der Waals surface area contributed by atoms with Crippen molar-refractivity contribution in [3.63, 3.8) is 0 Å². The first-order chi connectivity index (χ1) is 7.27. The minimum atomic E-state index is 0.619. The van der Waals surface area contributed by atoms with Gasteiger partial charge in [-0.25, -0.2) is 0 Å². The number of piperidine rings is 1. The average molecular weight is 205 g/mol. The van der Waals surface area contributed by atoms with Gasteiger partial charge in [-0.1, -0.05) is 0 Å². The first-order valence-electron chi connectivity index (χ1n) is 5.79. The first-order valence-corrected chi connectivity index (χ1v) is 5.79. The number of hydrogen-bond acceptors (Lipinski definition) is 3. The van der Waals surface area contributed by atoms with Gasteiger partial charge >= 0.3 is 0 Å². The topological polar surface area (TPSA) is 29.0 Å². The third-order valence-electron chi connectivity index (χ3n) is 3.27. The first kappa shape index (κ1) is 10.6. The summed E-state index contributed by atoms with van der Waals surface area (Å²) in [5, 5.41) is 8.15. The number of nitrogens with zero attached hydrogens (tertiary/aromatic N) is 3. The average Bonchev–Trinajstić information content (AvgIpc) is 2.30. The highest BCUT2D eigenvalue weighted by atomic mass is 15.2. The molecule has 0 aromatic carbocycles. The van der Waals surface area contributed by atoms with Gasteiger partial charge in [0.1, 0.15) is 0 Å². The molecule has 1 aliphatic rings. The van der Waals surface area contributed by atoms with Crippen LogP contribution in [0.2, 0.25) is 0 Å². The van der Waals surface area contributed by atoms with Crippen LogP contribution >= 0.6 is 0 Å². The van der Waals surface area contributed by atoms with Crippen LogP contribution in [0.4, 0.5) is 0 Å². The summed E-state index contributed by atoms with van der Waals surface area (Å²) in [5.74, 6) is 0.619. The summed E-state index contributed by atoms with van der Waals surface area (Å²) in [5.41, 5.74) is 1.17. The van der Waals surface area contributed by atoms with Gasteiger partial charge in [0.2, 0.25) is 0 Å². The second kappa shape index (κ2) is 4.71. The molecule has 3 nitrogen and oxygen atoms in total. The standard InChI is InChI=1S/C12H19N3/c1-10(2)15-8-5-11(6-9-15)12-4-3-7-13-14-12/h3-4,7,10-11H,5-6,8-9H2,1-2H3. The van der Waals surface area contributed by atoms with E-state index in [4.69, 9.17) is 0 Å². The van der Waals surface area contributed by atoms with Crippen LogP contribution in [-0.2, 0) is 0 Å². The van der Waals surface area contributed by atoms with Crippen LogP contribution in [0.5, 0.6) is 0 Å². The molecule has 0 radical (unpaired) electrons. The molecule has 1 aromatic rings. The molecule has 2 heterocycles. The van der Waals surface area contributed by atoms with E-state index in [1.165, 1.54) is 31.6 Å². The minimum absolute atomic E-state index is 0.619. The fourth-order valence-corrected chi connectivity index (χ4v) is 2.24. The number of hydrogen-bond donors (Lipinski definition) is 0. The lowest BCUT2D eigenvalue weighted by molar-refractivity contribution is 0.170. The van der Waals surface area contributed by atoms with Crippen molar-refractivity contribution in [2.75, 3.05) is 13.1 Å². The number of aromatic nitrogens is 2. The zero-order valence-corrected chi connectivity index (χ0v) is 9.56. The summed E-state index contributed by atoms with van der Waals surface area (Å²) < 4.78 is 0. The molecule has 0 unspecified atom stereocenters. The third-order valence-corrected chi connectivity index (χ3v) is 3.27. The SMILES string of the molecule is CC(C)N1CCC(c2cccnn2)CC1. The van der Waals surface area contributed by atoms with Gasteiger partial charge in [-0.15, -0.1) is 0 Å². The van der Waals surface area contributed by atoms with Gasteiger partial charge in [-0.05, 0) is 51.9 Å². The van der Waals surface area contributed by atoms with E-state index in [0.29, 0.717) is 12.0 Å². The van der Waals surface area contributed by atoms with E-state index in [9.17, 15) is 0 Å². The summed E-state index contributed by atoms with van der Waals surface area (Å²) in [6.07, 6.45) is 4.18. The lowest BCUT2D eigenvalue weighted by atomic mass is 9.93. The molecule has 0 amide bonds. The van der Waals surface area contributed by atoms with Crippen molar-refractivity contribution in [2.24, 2.45) is 0 Å². The van der Waals surface area contributed by atoms with Gasteiger partial charge in [-0.2, -0.15) is 10.2 Å². The molecular formula is C12H19N3. The highest BCUT2D eigenvalue weighted by molar-refractivity contribution is 5.07. The third kappa shape index (κ3) is 2.53. The second-order valence-corrected chi connectivity index (χ2v) is 4.55. The molecule has 1 saturated heterocycles. The number of likely N-dealkylation sites (tertiary alicyclic amines) is 1. The van der Waals surface area contributed by atoms with E-state index in [1.807, 2.05) is 6.07 Å². The molecule has 0 bridgehead atoms. The molecule has 0 atom stereocenters. The molecule has 0 spiro atoms. The molecule has 0 N–H and O–H groups in total. The summed E-state index contributed by atoms with van der Waals surface area (Å²) >= 11 is 0. The Morgan fingerprint density at radius 2 is 2.07 bits per heavy atom. The fourth-order valence-electron chi connectivity index (χ4n) is 2.24. The Balaban J connectivity index is 1.94. The van der Waals surface area contributed by atoms with E-state index in [1.54, 1.807) is 6.20 Å². The predicted molar refractivity (Wildman–Crippen MR) is 60.7 cm³/mol. The molecule has 1 aromatic heterocycles. The zero-order valence-electron chi connectivity index (χ0n) is 9.56. The van der Waals surface area contributed by atoms with Gasteiger partial charge in [0.15, 0.2) is 0 Å². The highest BCUT2D eigenvalue weighted by Gasteiger charge is 2.22. The fraction of sp³-hybridized carbons (Fsp3) is 0.667. The zero-order chi connectivity index (χ0) is 10.7. The van der Waals surface area contributed by atoms with E-state index >= 15 is 0 Å². The summed E-state index contributed by atoms with van der Waals surface area (Å²) in [7, 11) is 0. The molecule has 15 heavy (non-hydrogen) atoms. The van der Waals surface area contributed by atoms with Crippen LogP contribution in [0.25, 0.3) is 0 Å². The predicted octanol–water partition coefficient (Wildman–Crippen LogP) is 2.06. The van der Waals surface area contributed by atoms with Gasteiger partial charge < -0.3 is 4.90 Å². The van der Waals surface area contributed by atoms with Crippen molar-refractivity contribution in [3.05, 3.63) is 24.0 Å². The molecular weight excluding hydrogens is 186 g/mol. The van der Waals surface area contributed by atoms with Crippen molar-refractivity contribution >= 4 is 0 Å². The lowest BCUT2D eigenvalue weighted by Crippen LogP contribution is -2.38. The Morgan fingerprint density at radius 1 is 1.33 bits per heavy atom. The van der Waals surface area contributed by atoms with Crippen LogP contribution in [0.15, 0.2) is 18.3 Å². The molecule has 3 heteroatoms. The Bertz CT molecular complexity index is 289. The van der Waals surface area contributed by atoms with E-state index < -0.39 is 0 Å². The Morgan fingerprint density at radius 3 is 2.60 bits per heavy atom. The molecule has 2 rings (SSSR count). The molecule has 0 aliphatic carbocycles. The van der Waals surface area contributed by atoms with Crippen LogP contribution in [0, 0.1) is 0 Å². The normalized spacial score (nSPS) is 19.7. The van der Waals surface area contributed by atoms with Crippen molar-refractivity contribution < 1.29 is 0 Å². The minimum Gasteiger partial charge on any atom is -0.301 e. The van der Waals surface area contributed by atoms with E-state index in [0.717, 1.165) is 0 Å². The van der Waals surface area contributed by atoms with Crippen molar-refractivity contribution in [1.29, 1.82) is 0 Å². The maximum atomic E-state index is 4.20. The Hall–Kier alpha value is -0.960. The van der Waals surface area contributed by atoms with Crippen LogP contribution < -0.4 is 0 Å². The maximum Gasteiger partial charge on any atom is 0.0662 e. The quantitative estimate of drug-likeness (QED) is 0.740. The summed E-state index contributed by atoms with van der Waals surface area (Å²) in [6, 6.07) is 4.76. The Kier molecular flexibility index (Phi) is 3.31. The Labute approximate surface area is 91.5 Å². The molecule has 82 valence electrons. The van der Waals surface area contributed by atoms with E-state index in [-0.39, 0.29) is 0 Å². The second-order valence-electron chi connectivity index (χ2n) is 4.55. The summed E-state index contributed by atoms with van der Waals surface area (Å²) in [4.78, 5) is 2.53. The summed E-state index contributed by atoms with van der Waals surface area (Å²) in [6.45, 7) is 6.92. The van der Waals surface area contributed by atoms with Crippen molar-refractivity contribution in [2.45, 2.75) is 38.6 Å². The van der Waals surface area contributed by atoms with Crippen molar-refractivity contribution in [1.82, 2.24) is 15.1 Å². The molecule has 1 aliphatic heterocycles. The number of rotatable bonds is 2. The van der Waals surface area contributed by atoms with Gasteiger partial charge in [-0.3, -0.25) is 0 Å². The van der Waals surface area contributed by atoms with Crippen LogP contribution in [0.3, 0.4) is 0 Å². The molecule has 1 fully saturated rings. The lowest BCUT2D eigenvalue weighted by Gasteiger charge is -2.34. The monoisotopic (exact) mass is 205 g/mol. The largest absolute Gasteiger partial charge is 0.301 e. The molecule has 0 saturated carbocycles. The van der Waals surface area contributed by atoms with Gasteiger partial charge in [0, 0.05) is 18.2 Å². The van der Waals surface area contributed by atoms with Crippen LogP contribution in [0.1, 0.15) is 38.3 Å². The van der Waals surface area contributed by atoms with Crippen molar-refractivity contribution in [3.8, 4) is 0 Å². The van der Waals surface area contributed by atoms with Gasteiger partial charge in [0.25, 0.3) is 0 Å². The van der Waals surface area contributed by atoms with Gasteiger partial charge in [0.05, 0.1) is 5.69 Å². The highest BCUT2D eigenvalue weighted by Crippen LogP contribution is 2.26. The maximum absolute atomic E-state index is 4.20. The van der Waals surface area contributed by atoms with E-state index in [2.05, 4.69) is 35.0 Å². The van der Waals surface area contributed by atoms with Crippen LogP contribution in [-0.4, -0.2) is 34.2 Å². The smallest absolute Gasteiger partial charge is 0.0662 e.